The number of carbonyl (C=O) groups is 1. The van der Waals surface area contributed by atoms with Crippen molar-refractivity contribution in [2.45, 2.75) is 56.7 Å². The zero-order chi connectivity index (χ0) is 11.8. The average Bonchev–Trinajstić information content (AvgIpc) is 2.54. The molecule has 1 aliphatic rings. The minimum atomic E-state index is 0.122. The molecular formula is C12H23NO2S. The Morgan fingerprint density at radius 1 is 1.38 bits per heavy atom. The summed E-state index contributed by atoms with van der Waals surface area (Å²) in [5.41, 5.74) is 0. The number of thioether (sulfide) groups is 1. The molecule has 0 aromatic carbocycles. The lowest BCUT2D eigenvalue weighted by Gasteiger charge is -2.16. The second kappa shape index (κ2) is 7.96. The first-order chi connectivity index (χ1) is 7.72. The van der Waals surface area contributed by atoms with Gasteiger partial charge in [-0.05, 0) is 12.8 Å². The molecule has 4 heteroatoms. The van der Waals surface area contributed by atoms with Crippen molar-refractivity contribution in [1.29, 1.82) is 0 Å². The Labute approximate surface area is 102 Å². The molecule has 1 amide bonds. The van der Waals surface area contributed by atoms with Gasteiger partial charge in [0.2, 0.25) is 5.91 Å². The van der Waals surface area contributed by atoms with E-state index < -0.39 is 0 Å². The van der Waals surface area contributed by atoms with Crippen molar-refractivity contribution < 1.29 is 9.90 Å². The molecule has 1 saturated carbocycles. The molecule has 1 atom stereocenters. The van der Waals surface area contributed by atoms with Crippen molar-refractivity contribution >= 4 is 17.7 Å². The molecule has 0 radical (unpaired) electrons. The third-order valence-corrected chi connectivity index (χ3v) is 4.12. The molecule has 0 spiro atoms. The maximum absolute atomic E-state index is 11.6. The zero-order valence-corrected chi connectivity index (χ0v) is 10.9. The Balaban J connectivity index is 2.16. The molecule has 94 valence electrons. The van der Waals surface area contributed by atoms with E-state index in [1.807, 2.05) is 6.92 Å². The van der Waals surface area contributed by atoms with Gasteiger partial charge in [0.15, 0.2) is 0 Å². The highest BCUT2D eigenvalue weighted by molar-refractivity contribution is 8.00. The summed E-state index contributed by atoms with van der Waals surface area (Å²) >= 11 is 1.52. The molecule has 3 nitrogen and oxygen atoms in total. The summed E-state index contributed by atoms with van der Waals surface area (Å²) in [5.74, 6) is 0.593. The van der Waals surface area contributed by atoms with Crippen LogP contribution in [0.5, 0.6) is 0 Å². The summed E-state index contributed by atoms with van der Waals surface area (Å²) in [4.78, 5) is 11.6. The molecular weight excluding hydrogens is 222 g/mol. The minimum Gasteiger partial charge on any atom is -0.395 e. The summed E-state index contributed by atoms with van der Waals surface area (Å²) < 4.78 is 0. The summed E-state index contributed by atoms with van der Waals surface area (Å²) in [6.45, 7) is 2.07. The highest BCUT2D eigenvalue weighted by Crippen LogP contribution is 2.17. The summed E-state index contributed by atoms with van der Waals surface area (Å²) in [5, 5.41) is 12.1. The van der Waals surface area contributed by atoms with Gasteiger partial charge in [0.25, 0.3) is 0 Å². The van der Waals surface area contributed by atoms with E-state index in [1.54, 1.807) is 0 Å². The van der Waals surface area contributed by atoms with Crippen LogP contribution in [-0.4, -0.2) is 34.7 Å². The molecule has 1 rings (SSSR count). The van der Waals surface area contributed by atoms with Gasteiger partial charge in [-0.15, -0.1) is 11.8 Å². The van der Waals surface area contributed by atoms with Crippen LogP contribution in [0.3, 0.4) is 0 Å². The number of rotatable bonds is 5. The van der Waals surface area contributed by atoms with Crippen LogP contribution in [-0.2, 0) is 4.79 Å². The standard InChI is InChI=1S/C12H23NO2S/c1-10(8-14)16-9-12(15)13-11-6-4-2-3-5-7-11/h10-11,14H,2-9H2,1H3,(H,13,15). The number of aliphatic hydroxyl groups is 1. The van der Waals surface area contributed by atoms with Gasteiger partial charge >= 0.3 is 0 Å². The fraction of sp³-hybridized carbons (Fsp3) is 0.917. The molecule has 1 aliphatic carbocycles. The molecule has 0 aromatic rings. The highest BCUT2D eigenvalue weighted by atomic mass is 32.2. The molecule has 2 N–H and O–H groups in total. The number of nitrogens with one attached hydrogen (secondary N) is 1. The van der Waals surface area contributed by atoms with Crippen molar-refractivity contribution in [2.24, 2.45) is 0 Å². The Morgan fingerprint density at radius 2 is 2.00 bits per heavy atom. The molecule has 1 fully saturated rings. The van der Waals surface area contributed by atoms with Crippen LogP contribution in [0, 0.1) is 0 Å². The Morgan fingerprint density at radius 3 is 2.56 bits per heavy atom. The Hall–Kier alpha value is -0.220. The van der Waals surface area contributed by atoms with Gasteiger partial charge in [0.1, 0.15) is 0 Å². The van der Waals surface area contributed by atoms with E-state index in [1.165, 1.54) is 37.4 Å². The number of hydrogen-bond acceptors (Lipinski definition) is 3. The molecule has 1 unspecified atom stereocenters. The molecule has 0 heterocycles. The quantitative estimate of drug-likeness (QED) is 0.728. The predicted octanol–water partition coefficient (Wildman–Crippen LogP) is 1.94. The van der Waals surface area contributed by atoms with E-state index in [0.717, 1.165) is 12.8 Å². The van der Waals surface area contributed by atoms with Gasteiger partial charge in [-0.3, -0.25) is 4.79 Å². The number of carbonyl (C=O) groups excluding carboxylic acids is 1. The smallest absolute Gasteiger partial charge is 0.230 e. The summed E-state index contributed by atoms with van der Waals surface area (Å²) in [6.07, 6.45) is 7.36. The fourth-order valence-electron chi connectivity index (χ4n) is 1.96. The van der Waals surface area contributed by atoms with Crippen molar-refractivity contribution in [3.05, 3.63) is 0 Å². The molecule has 0 bridgehead atoms. The van der Waals surface area contributed by atoms with Crippen LogP contribution in [0.2, 0.25) is 0 Å². The van der Waals surface area contributed by atoms with Crippen LogP contribution in [0.4, 0.5) is 0 Å². The highest BCUT2D eigenvalue weighted by Gasteiger charge is 2.15. The van der Waals surface area contributed by atoms with E-state index in [4.69, 9.17) is 5.11 Å². The van der Waals surface area contributed by atoms with Crippen molar-refractivity contribution in [2.75, 3.05) is 12.4 Å². The summed E-state index contributed by atoms with van der Waals surface area (Å²) in [7, 11) is 0. The van der Waals surface area contributed by atoms with Crippen molar-refractivity contribution in [1.82, 2.24) is 5.32 Å². The lowest BCUT2D eigenvalue weighted by atomic mass is 10.1. The topological polar surface area (TPSA) is 49.3 Å². The third kappa shape index (κ3) is 5.75. The normalized spacial score (nSPS) is 20.1. The first-order valence-corrected chi connectivity index (χ1v) is 7.29. The molecule has 0 saturated heterocycles. The first-order valence-electron chi connectivity index (χ1n) is 6.24. The predicted molar refractivity (Wildman–Crippen MR) is 68.6 cm³/mol. The summed E-state index contributed by atoms with van der Waals surface area (Å²) in [6, 6.07) is 0.389. The lowest BCUT2D eigenvalue weighted by Crippen LogP contribution is -2.36. The van der Waals surface area contributed by atoms with E-state index in [2.05, 4.69) is 5.32 Å². The molecule has 0 aromatic heterocycles. The third-order valence-electron chi connectivity index (χ3n) is 2.98. The van der Waals surface area contributed by atoms with Crippen LogP contribution < -0.4 is 5.32 Å². The van der Waals surface area contributed by atoms with Crippen LogP contribution in [0.25, 0.3) is 0 Å². The van der Waals surface area contributed by atoms with Gasteiger partial charge in [-0.25, -0.2) is 0 Å². The monoisotopic (exact) mass is 245 g/mol. The zero-order valence-electron chi connectivity index (χ0n) is 10.1. The van der Waals surface area contributed by atoms with E-state index in [9.17, 15) is 4.79 Å². The SMILES string of the molecule is CC(CO)SCC(=O)NC1CCCCCC1. The lowest BCUT2D eigenvalue weighted by molar-refractivity contribution is -0.119. The maximum Gasteiger partial charge on any atom is 0.230 e. The van der Waals surface area contributed by atoms with E-state index >= 15 is 0 Å². The van der Waals surface area contributed by atoms with Gasteiger partial charge in [0, 0.05) is 11.3 Å². The van der Waals surface area contributed by atoms with Crippen LogP contribution in [0.15, 0.2) is 0 Å². The fourth-order valence-corrected chi connectivity index (χ4v) is 2.59. The maximum atomic E-state index is 11.6. The van der Waals surface area contributed by atoms with E-state index in [-0.39, 0.29) is 17.8 Å². The van der Waals surface area contributed by atoms with Gasteiger partial charge in [-0.2, -0.15) is 0 Å². The van der Waals surface area contributed by atoms with Gasteiger partial charge in [-0.1, -0.05) is 32.6 Å². The number of hydrogen-bond donors (Lipinski definition) is 2. The molecule has 0 aliphatic heterocycles. The second-order valence-corrected chi connectivity index (χ2v) is 5.99. The largest absolute Gasteiger partial charge is 0.395 e. The molecule has 16 heavy (non-hydrogen) atoms. The van der Waals surface area contributed by atoms with Gasteiger partial charge in [0.05, 0.1) is 12.4 Å². The average molecular weight is 245 g/mol. The number of amides is 1. The Bertz CT molecular complexity index is 203. The first kappa shape index (κ1) is 13.8. The Kier molecular flexibility index (Phi) is 6.88. The number of aliphatic hydroxyl groups excluding tert-OH is 1. The van der Waals surface area contributed by atoms with Crippen LogP contribution >= 0.6 is 11.8 Å². The van der Waals surface area contributed by atoms with E-state index in [0.29, 0.717) is 11.8 Å². The van der Waals surface area contributed by atoms with Crippen LogP contribution in [0.1, 0.15) is 45.4 Å². The second-order valence-electron chi connectivity index (χ2n) is 4.56. The van der Waals surface area contributed by atoms with Gasteiger partial charge < -0.3 is 10.4 Å². The van der Waals surface area contributed by atoms with Crippen molar-refractivity contribution in [3.63, 3.8) is 0 Å². The minimum absolute atomic E-state index is 0.122. The van der Waals surface area contributed by atoms with Crippen molar-refractivity contribution in [3.8, 4) is 0 Å².